The molecule has 1 atom stereocenters. The molecule has 3 rings (SSSR count). The lowest BCUT2D eigenvalue weighted by Crippen LogP contribution is -2.31. The number of aryl methyl sites for hydroxylation is 2. The number of aromatic nitrogens is 1. The first-order valence-corrected chi connectivity index (χ1v) is 8.11. The Morgan fingerprint density at radius 3 is 2.96 bits per heavy atom. The van der Waals surface area contributed by atoms with Crippen LogP contribution in [-0.2, 0) is 11.3 Å². The Kier molecular flexibility index (Phi) is 4.80. The Morgan fingerprint density at radius 2 is 2.17 bits per heavy atom. The summed E-state index contributed by atoms with van der Waals surface area (Å²) in [4.78, 5) is 18.1. The van der Waals surface area contributed by atoms with Crippen LogP contribution in [0.5, 0.6) is 0 Å². The van der Waals surface area contributed by atoms with Gasteiger partial charge in [-0.15, -0.1) is 0 Å². The lowest BCUT2D eigenvalue weighted by Gasteiger charge is -2.22. The summed E-state index contributed by atoms with van der Waals surface area (Å²) in [7, 11) is 0. The number of benzene rings is 1. The van der Waals surface area contributed by atoms with Crippen LogP contribution in [0.4, 0.5) is 0 Å². The van der Waals surface area contributed by atoms with Crippen molar-refractivity contribution in [1.29, 1.82) is 0 Å². The van der Waals surface area contributed by atoms with Crippen molar-refractivity contribution in [2.75, 3.05) is 32.9 Å². The zero-order valence-corrected chi connectivity index (χ0v) is 13.8. The number of nitrogens with one attached hydrogen (secondary N) is 1. The molecule has 0 bridgehead atoms. The summed E-state index contributed by atoms with van der Waals surface area (Å²) in [6.45, 7) is 7.67. The van der Waals surface area contributed by atoms with Crippen molar-refractivity contribution >= 4 is 10.9 Å². The monoisotopic (exact) mass is 316 g/mol. The number of nitrogens with zero attached hydrogens (tertiary/aromatic N) is 1. The highest BCUT2D eigenvalue weighted by Crippen LogP contribution is 2.17. The van der Waals surface area contributed by atoms with Gasteiger partial charge in [-0.3, -0.25) is 9.69 Å². The zero-order chi connectivity index (χ0) is 16.4. The molecular formula is C18H24N2O3. The number of aliphatic hydroxyl groups is 1. The molecule has 1 aromatic carbocycles. The van der Waals surface area contributed by atoms with Gasteiger partial charge in [-0.2, -0.15) is 0 Å². The van der Waals surface area contributed by atoms with E-state index in [0.29, 0.717) is 19.8 Å². The number of pyridine rings is 1. The van der Waals surface area contributed by atoms with E-state index in [4.69, 9.17) is 4.74 Å². The molecule has 124 valence electrons. The first-order valence-electron chi connectivity index (χ1n) is 8.11. The molecule has 1 aromatic heterocycles. The summed E-state index contributed by atoms with van der Waals surface area (Å²) in [5, 5.41) is 10.1. The fraction of sp³-hybridized carbons (Fsp3) is 0.500. The Labute approximate surface area is 135 Å². The molecule has 1 aliphatic heterocycles. The van der Waals surface area contributed by atoms with Crippen LogP contribution in [0.15, 0.2) is 23.0 Å². The minimum absolute atomic E-state index is 0.0605. The number of aliphatic hydroxyl groups excluding tert-OH is 1. The van der Waals surface area contributed by atoms with E-state index in [9.17, 15) is 9.90 Å². The highest BCUT2D eigenvalue weighted by Gasteiger charge is 2.18. The summed E-state index contributed by atoms with van der Waals surface area (Å²) in [5.41, 5.74) is 4.08. The molecule has 5 nitrogen and oxygen atoms in total. The highest BCUT2D eigenvalue weighted by atomic mass is 16.5. The third-order valence-electron chi connectivity index (χ3n) is 4.41. The summed E-state index contributed by atoms with van der Waals surface area (Å²) in [6.07, 6.45) is 0. The van der Waals surface area contributed by atoms with Gasteiger partial charge in [0.25, 0.3) is 0 Å². The second kappa shape index (κ2) is 6.83. The molecule has 1 fully saturated rings. The predicted octanol–water partition coefficient (Wildman–Crippen LogP) is 1.59. The molecule has 2 N–H and O–H groups in total. The van der Waals surface area contributed by atoms with Crippen molar-refractivity contribution in [2.45, 2.75) is 20.4 Å². The van der Waals surface area contributed by atoms with Crippen molar-refractivity contribution in [3.05, 3.63) is 45.2 Å². The maximum atomic E-state index is 12.4. The second-order valence-corrected chi connectivity index (χ2v) is 6.52. The smallest absolute Gasteiger partial charge is 0.189 e. The maximum Gasteiger partial charge on any atom is 0.189 e. The van der Waals surface area contributed by atoms with E-state index in [1.54, 1.807) is 6.07 Å². The van der Waals surface area contributed by atoms with Gasteiger partial charge in [-0.25, -0.2) is 0 Å². The molecule has 5 heteroatoms. The standard InChI is InChI=1S/C18H24N2O3/c1-12-5-13(2)18-16(6-12)17(22)7-15(19-18)9-20-3-4-23-11-14(8-20)10-21/h5-7,14,21H,3-4,8-11H2,1-2H3,(H,19,22)/t14-/m0/s1. The lowest BCUT2D eigenvalue weighted by molar-refractivity contribution is 0.0958. The molecule has 1 aliphatic rings. The SMILES string of the molecule is Cc1cc(C)c2[nH]c(CN3CCOC[C@H](CO)C3)cc(=O)c2c1. The van der Waals surface area contributed by atoms with Crippen molar-refractivity contribution in [3.8, 4) is 0 Å². The zero-order valence-electron chi connectivity index (χ0n) is 13.8. The van der Waals surface area contributed by atoms with E-state index in [1.807, 2.05) is 19.9 Å². The van der Waals surface area contributed by atoms with Gasteiger partial charge in [0.2, 0.25) is 0 Å². The largest absolute Gasteiger partial charge is 0.396 e. The van der Waals surface area contributed by atoms with Gasteiger partial charge in [0.05, 0.1) is 18.7 Å². The van der Waals surface area contributed by atoms with E-state index in [0.717, 1.165) is 40.8 Å². The van der Waals surface area contributed by atoms with Crippen LogP contribution >= 0.6 is 0 Å². The average Bonchev–Trinajstić information content (AvgIpc) is 2.73. The van der Waals surface area contributed by atoms with Gasteiger partial charge in [-0.05, 0) is 31.0 Å². The van der Waals surface area contributed by atoms with Crippen LogP contribution in [-0.4, -0.2) is 47.9 Å². The van der Waals surface area contributed by atoms with E-state index in [2.05, 4.69) is 16.0 Å². The number of rotatable bonds is 3. The average molecular weight is 316 g/mol. The predicted molar refractivity (Wildman–Crippen MR) is 90.7 cm³/mol. The third-order valence-corrected chi connectivity index (χ3v) is 4.41. The minimum Gasteiger partial charge on any atom is -0.396 e. The molecule has 0 amide bonds. The molecule has 0 aliphatic carbocycles. The highest BCUT2D eigenvalue weighted by molar-refractivity contribution is 5.82. The van der Waals surface area contributed by atoms with E-state index in [-0.39, 0.29) is 18.0 Å². The van der Waals surface area contributed by atoms with Crippen molar-refractivity contribution in [3.63, 3.8) is 0 Å². The van der Waals surface area contributed by atoms with Gasteiger partial charge in [0, 0.05) is 49.3 Å². The summed E-state index contributed by atoms with van der Waals surface area (Å²) in [6, 6.07) is 5.72. The number of fused-ring (bicyclic) bond motifs is 1. The third kappa shape index (κ3) is 3.63. The van der Waals surface area contributed by atoms with E-state index < -0.39 is 0 Å². The van der Waals surface area contributed by atoms with Gasteiger partial charge >= 0.3 is 0 Å². The molecule has 0 saturated carbocycles. The molecule has 1 saturated heterocycles. The number of hydrogen-bond donors (Lipinski definition) is 2. The molecule has 0 spiro atoms. The number of H-pyrrole nitrogens is 1. The molecule has 0 radical (unpaired) electrons. The summed E-state index contributed by atoms with van der Waals surface area (Å²) in [5.74, 6) is 0.133. The van der Waals surface area contributed by atoms with Gasteiger partial charge < -0.3 is 14.8 Å². The second-order valence-electron chi connectivity index (χ2n) is 6.52. The Morgan fingerprint density at radius 1 is 1.35 bits per heavy atom. The Bertz CT molecular complexity index is 754. The Hall–Kier alpha value is -1.69. The lowest BCUT2D eigenvalue weighted by atomic mass is 10.1. The van der Waals surface area contributed by atoms with Crippen LogP contribution < -0.4 is 5.43 Å². The summed E-state index contributed by atoms with van der Waals surface area (Å²) < 4.78 is 5.52. The number of hydrogen-bond acceptors (Lipinski definition) is 4. The van der Waals surface area contributed by atoms with Gasteiger partial charge in [-0.1, -0.05) is 6.07 Å². The van der Waals surface area contributed by atoms with E-state index >= 15 is 0 Å². The normalized spacial score (nSPS) is 19.9. The van der Waals surface area contributed by atoms with Crippen molar-refractivity contribution in [1.82, 2.24) is 9.88 Å². The minimum atomic E-state index is 0.0605. The van der Waals surface area contributed by atoms with E-state index in [1.165, 1.54) is 0 Å². The molecular weight excluding hydrogens is 292 g/mol. The maximum absolute atomic E-state index is 12.4. The molecule has 23 heavy (non-hydrogen) atoms. The van der Waals surface area contributed by atoms with Crippen LogP contribution in [0, 0.1) is 19.8 Å². The summed E-state index contributed by atoms with van der Waals surface area (Å²) >= 11 is 0. The number of aromatic amines is 1. The fourth-order valence-electron chi connectivity index (χ4n) is 3.29. The topological polar surface area (TPSA) is 65.6 Å². The van der Waals surface area contributed by atoms with Crippen LogP contribution in [0.2, 0.25) is 0 Å². The quantitative estimate of drug-likeness (QED) is 0.902. The molecule has 2 heterocycles. The van der Waals surface area contributed by atoms with Crippen molar-refractivity contribution in [2.24, 2.45) is 5.92 Å². The van der Waals surface area contributed by atoms with Gasteiger partial charge in [0.1, 0.15) is 0 Å². The molecule has 0 unspecified atom stereocenters. The Balaban J connectivity index is 1.90. The van der Waals surface area contributed by atoms with Crippen molar-refractivity contribution < 1.29 is 9.84 Å². The first-order chi connectivity index (χ1) is 11.1. The van der Waals surface area contributed by atoms with Crippen LogP contribution in [0.3, 0.4) is 0 Å². The first kappa shape index (κ1) is 16.2. The van der Waals surface area contributed by atoms with Crippen LogP contribution in [0.25, 0.3) is 10.9 Å². The molecule has 2 aromatic rings. The van der Waals surface area contributed by atoms with Crippen LogP contribution in [0.1, 0.15) is 16.8 Å². The van der Waals surface area contributed by atoms with Gasteiger partial charge in [0.15, 0.2) is 5.43 Å². The number of ether oxygens (including phenoxy) is 1. The fourth-order valence-corrected chi connectivity index (χ4v) is 3.29.